The summed E-state index contributed by atoms with van der Waals surface area (Å²) in [6.45, 7) is 4.68. The summed E-state index contributed by atoms with van der Waals surface area (Å²) < 4.78 is 0. The lowest BCUT2D eigenvalue weighted by atomic mass is 10.0. The molecule has 0 heterocycles. The molecule has 0 saturated carbocycles. The predicted octanol–water partition coefficient (Wildman–Crippen LogP) is 11.6. The number of hydrogen-bond donors (Lipinski definition) is 1. The third kappa shape index (κ3) is 31.5. The summed E-state index contributed by atoms with van der Waals surface area (Å²) in [6, 6.07) is 0. The van der Waals surface area contributed by atoms with Gasteiger partial charge in [0.2, 0.25) is 0 Å². The van der Waals surface area contributed by atoms with Crippen LogP contribution < -0.4 is 0 Å². The summed E-state index contributed by atoms with van der Waals surface area (Å²) in [7, 11) is 0. The highest BCUT2D eigenvalue weighted by atomic mass is 16.4. The quantitative estimate of drug-likeness (QED) is 0.108. The van der Waals surface area contributed by atoms with E-state index >= 15 is 0 Å². The van der Waals surface area contributed by atoms with Gasteiger partial charge >= 0.3 is 5.97 Å². The van der Waals surface area contributed by atoms with Gasteiger partial charge in [-0.15, -0.1) is 0 Å². The normalized spacial score (nSPS) is 11.5. The number of carboxylic acids is 1. The number of carbonyl (C=O) groups is 1. The van der Waals surface area contributed by atoms with Gasteiger partial charge in [-0.25, -0.2) is 0 Å². The van der Waals surface area contributed by atoms with Crippen molar-refractivity contribution in [2.24, 2.45) is 5.92 Å². The number of unbranched alkanes of at least 4 members (excludes halogenated alkanes) is 25. The number of aliphatic carboxylic acids is 1. The van der Waals surface area contributed by atoms with E-state index in [0.717, 1.165) is 18.8 Å². The predicted molar refractivity (Wildman–Crippen MR) is 152 cm³/mol. The molecule has 0 rings (SSSR count). The van der Waals surface area contributed by atoms with E-state index in [2.05, 4.69) is 13.8 Å². The van der Waals surface area contributed by atoms with Gasteiger partial charge < -0.3 is 5.11 Å². The van der Waals surface area contributed by atoms with Gasteiger partial charge in [-0.3, -0.25) is 4.79 Å². The highest BCUT2D eigenvalue weighted by Crippen LogP contribution is 2.16. The molecule has 204 valence electrons. The summed E-state index contributed by atoms with van der Waals surface area (Å²) in [5, 5.41) is 8.61. The molecule has 0 atom stereocenters. The summed E-state index contributed by atoms with van der Waals surface area (Å²) in [5.74, 6) is 0.239. The maximum absolute atomic E-state index is 10.5. The number of rotatable bonds is 29. The van der Waals surface area contributed by atoms with Gasteiger partial charge in [0.15, 0.2) is 0 Å². The third-order valence-electron chi connectivity index (χ3n) is 7.42. The molecular weight excluding hydrogens is 416 g/mol. The SMILES string of the molecule is CC(C)CCCCCCCCCCCCCCCCCCCCCCCCCCCCC(=O)O. The summed E-state index contributed by atoms with van der Waals surface area (Å²) >= 11 is 0. The Morgan fingerprint density at radius 3 is 0.824 bits per heavy atom. The maximum Gasteiger partial charge on any atom is 0.303 e. The van der Waals surface area contributed by atoms with Crippen molar-refractivity contribution in [2.45, 2.75) is 194 Å². The van der Waals surface area contributed by atoms with Crippen LogP contribution in [0.3, 0.4) is 0 Å². The molecular formula is C32H64O2. The molecule has 0 unspecified atom stereocenters. The molecule has 0 aromatic carbocycles. The van der Waals surface area contributed by atoms with Crippen molar-refractivity contribution >= 4 is 5.97 Å². The molecule has 0 aliphatic carbocycles. The Hall–Kier alpha value is -0.530. The standard InChI is InChI=1S/C32H64O2/c1-31(2)29-27-25-23-21-19-17-15-13-11-9-7-5-3-4-6-8-10-12-14-16-18-20-22-24-26-28-30-32(33)34/h31H,3-30H2,1-2H3,(H,33,34). The van der Waals surface area contributed by atoms with E-state index in [1.54, 1.807) is 0 Å². The largest absolute Gasteiger partial charge is 0.481 e. The fourth-order valence-electron chi connectivity index (χ4n) is 5.07. The monoisotopic (exact) mass is 480 g/mol. The van der Waals surface area contributed by atoms with Crippen molar-refractivity contribution in [3.8, 4) is 0 Å². The minimum absolute atomic E-state index is 0.346. The van der Waals surface area contributed by atoms with Crippen molar-refractivity contribution < 1.29 is 9.90 Å². The van der Waals surface area contributed by atoms with Crippen LogP contribution >= 0.6 is 0 Å². The molecule has 0 saturated heterocycles. The first-order valence-electron chi connectivity index (χ1n) is 15.8. The first kappa shape index (κ1) is 33.5. The molecule has 1 N–H and O–H groups in total. The zero-order valence-electron chi connectivity index (χ0n) is 23.7. The molecule has 0 aliphatic rings. The van der Waals surface area contributed by atoms with Crippen LogP contribution in [0.25, 0.3) is 0 Å². The van der Waals surface area contributed by atoms with Crippen molar-refractivity contribution in [1.82, 2.24) is 0 Å². The lowest BCUT2D eigenvalue weighted by Crippen LogP contribution is -1.93. The Bertz CT molecular complexity index is 390. The van der Waals surface area contributed by atoms with Crippen molar-refractivity contribution in [2.75, 3.05) is 0 Å². The van der Waals surface area contributed by atoms with Crippen molar-refractivity contribution in [1.29, 1.82) is 0 Å². The van der Waals surface area contributed by atoms with E-state index in [9.17, 15) is 4.79 Å². The Labute approximate surface area is 215 Å². The molecule has 0 spiro atoms. The first-order valence-corrected chi connectivity index (χ1v) is 15.8. The fourth-order valence-corrected chi connectivity index (χ4v) is 5.07. The average molecular weight is 481 g/mol. The van der Waals surface area contributed by atoms with Crippen LogP contribution in [0.2, 0.25) is 0 Å². The van der Waals surface area contributed by atoms with Crippen LogP contribution in [-0.2, 0) is 4.79 Å². The molecule has 0 aromatic rings. The molecule has 0 bridgehead atoms. The second-order valence-corrected chi connectivity index (χ2v) is 11.5. The second kappa shape index (κ2) is 28.7. The van der Waals surface area contributed by atoms with Crippen LogP contribution in [0.4, 0.5) is 0 Å². The van der Waals surface area contributed by atoms with Crippen LogP contribution in [0.15, 0.2) is 0 Å². The topological polar surface area (TPSA) is 37.3 Å². The van der Waals surface area contributed by atoms with Crippen LogP contribution in [0, 0.1) is 5.92 Å². The van der Waals surface area contributed by atoms with E-state index in [-0.39, 0.29) is 0 Å². The molecule has 34 heavy (non-hydrogen) atoms. The van der Waals surface area contributed by atoms with Crippen LogP contribution in [0.1, 0.15) is 194 Å². The van der Waals surface area contributed by atoms with Gasteiger partial charge in [0.25, 0.3) is 0 Å². The van der Waals surface area contributed by atoms with Crippen molar-refractivity contribution in [3.63, 3.8) is 0 Å². The van der Waals surface area contributed by atoms with Gasteiger partial charge in [-0.05, 0) is 12.3 Å². The average Bonchev–Trinajstić information content (AvgIpc) is 2.80. The highest BCUT2D eigenvalue weighted by molar-refractivity contribution is 5.66. The van der Waals surface area contributed by atoms with E-state index in [1.165, 1.54) is 161 Å². The smallest absolute Gasteiger partial charge is 0.303 e. The highest BCUT2D eigenvalue weighted by Gasteiger charge is 1.98. The van der Waals surface area contributed by atoms with E-state index in [1.807, 2.05) is 0 Å². The van der Waals surface area contributed by atoms with E-state index in [4.69, 9.17) is 5.11 Å². The van der Waals surface area contributed by atoms with E-state index in [0.29, 0.717) is 6.42 Å². The van der Waals surface area contributed by atoms with Gasteiger partial charge in [0.05, 0.1) is 0 Å². The maximum atomic E-state index is 10.5. The Morgan fingerprint density at radius 2 is 0.618 bits per heavy atom. The first-order chi connectivity index (χ1) is 16.6. The molecule has 0 amide bonds. The Kier molecular flexibility index (Phi) is 28.3. The van der Waals surface area contributed by atoms with E-state index < -0.39 is 5.97 Å². The molecule has 2 nitrogen and oxygen atoms in total. The molecule has 0 fully saturated rings. The van der Waals surface area contributed by atoms with Gasteiger partial charge in [-0.1, -0.05) is 181 Å². The molecule has 0 radical (unpaired) electrons. The molecule has 2 heteroatoms. The van der Waals surface area contributed by atoms with Gasteiger partial charge in [0, 0.05) is 6.42 Å². The lowest BCUT2D eigenvalue weighted by Gasteiger charge is -2.05. The summed E-state index contributed by atoms with van der Waals surface area (Å²) in [6.07, 6.45) is 38.0. The van der Waals surface area contributed by atoms with Crippen LogP contribution in [-0.4, -0.2) is 11.1 Å². The summed E-state index contributed by atoms with van der Waals surface area (Å²) in [5.41, 5.74) is 0. The Balaban J connectivity index is 3.02. The number of carboxylic acid groups (broad SMARTS) is 1. The second-order valence-electron chi connectivity index (χ2n) is 11.5. The van der Waals surface area contributed by atoms with Crippen molar-refractivity contribution in [3.05, 3.63) is 0 Å². The zero-order valence-corrected chi connectivity index (χ0v) is 23.7. The fraction of sp³-hybridized carbons (Fsp3) is 0.969. The minimum Gasteiger partial charge on any atom is -0.481 e. The van der Waals surface area contributed by atoms with Gasteiger partial charge in [0.1, 0.15) is 0 Å². The Morgan fingerprint density at radius 1 is 0.412 bits per heavy atom. The zero-order chi connectivity index (χ0) is 25.0. The summed E-state index contributed by atoms with van der Waals surface area (Å²) in [4.78, 5) is 10.5. The molecule has 0 aliphatic heterocycles. The number of hydrogen-bond acceptors (Lipinski definition) is 1. The molecule has 0 aromatic heterocycles. The van der Waals surface area contributed by atoms with Crippen LogP contribution in [0.5, 0.6) is 0 Å². The third-order valence-corrected chi connectivity index (χ3v) is 7.42. The lowest BCUT2D eigenvalue weighted by molar-refractivity contribution is -0.137. The minimum atomic E-state index is -0.648. The van der Waals surface area contributed by atoms with Gasteiger partial charge in [-0.2, -0.15) is 0 Å².